The third-order valence-corrected chi connectivity index (χ3v) is 5.06. The molecule has 0 radical (unpaired) electrons. The van der Waals surface area contributed by atoms with Crippen LogP contribution in [-0.2, 0) is 0 Å². The van der Waals surface area contributed by atoms with E-state index in [1.54, 1.807) is 0 Å². The molecule has 3 heteroatoms. The highest BCUT2D eigenvalue weighted by atomic mass is 127. The van der Waals surface area contributed by atoms with Gasteiger partial charge in [0.25, 0.3) is 0 Å². The van der Waals surface area contributed by atoms with Crippen LogP contribution in [-0.4, -0.2) is 30.3 Å². The predicted molar refractivity (Wildman–Crippen MR) is 92.1 cm³/mol. The second kappa shape index (κ2) is 7.55. The van der Waals surface area contributed by atoms with Crippen LogP contribution in [0.2, 0.25) is 0 Å². The maximum Gasteiger partial charge on any atom is 0.176 e. The van der Waals surface area contributed by atoms with Gasteiger partial charge in [-0.2, -0.15) is 0 Å². The molecule has 0 aliphatic carbocycles. The summed E-state index contributed by atoms with van der Waals surface area (Å²) in [6.45, 7) is 7.35. The van der Waals surface area contributed by atoms with E-state index >= 15 is 0 Å². The predicted octanol–water partition coefficient (Wildman–Crippen LogP) is 4.23. The third kappa shape index (κ3) is 4.55. The molecule has 20 heavy (non-hydrogen) atoms. The van der Waals surface area contributed by atoms with Crippen LogP contribution in [0.4, 0.5) is 0 Å². The fraction of sp³-hybridized carbons (Fsp3) is 0.588. The molecule has 0 spiro atoms. The smallest absolute Gasteiger partial charge is 0.176 e. The summed E-state index contributed by atoms with van der Waals surface area (Å²) < 4.78 is 1.17. The van der Waals surface area contributed by atoms with Gasteiger partial charge < -0.3 is 0 Å². The zero-order valence-corrected chi connectivity index (χ0v) is 14.6. The Labute approximate surface area is 136 Å². The minimum Gasteiger partial charge on any atom is -0.296 e. The van der Waals surface area contributed by atoms with Crippen molar-refractivity contribution >= 4 is 28.4 Å². The molecule has 0 saturated carbocycles. The highest BCUT2D eigenvalue weighted by Crippen LogP contribution is 2.24. The van der Waals surface area contributed by atoms with E-state index in [-0.39, 0.29) is 5.78 Å². The van der Waals surface area contributed by atoms with Crippen molar-refractivity contribution in [2.45, 2.75) is 33.1 Å². The van der Waals surface area contributed by atoms with E-state index in [0.717, 1.165) is 30.5 Å². The second-order valence-corrected chi connectivity index (χ2v) is 7.39. The monoisotopic (exact) mass is 385 g/mol. The third-order valence-electron chi connectivity index (χ3n) is 4.34. The SMILES string of the molecule is CC(C)C1CCCN(CC(=O)c2ccc(I)cc2)CC1. The minimum atomic E-state index is 0.254. The summed E-state index contributed by atoms with van der Waals surface area (Å²) in [5, 5.41) is 0. The number of carbonyl (C=O) groups is 1. The van der Waals surface area contributed by atoms with E-state index < -0.39 is 0 Å². The molecule has 2 nitrogen and oxygen atoms in total. The van der Waals surface area contributed by atoms with Crippen LogP contribution in [0.15, 0.2) is 24.3 Å². The molecule has 1 aliphatic heterocycles. The van der Waals surface area contributed by atoms with Crippen molar-refractivity contribution in [1.82, 2.24) is 4.90 Å². The molecule has 1 unspecified atom stereocenters. The van der Waals surface area contributed by atoms with E-state index in [0.29, 0.717) is 6.54 Å². The van der Waals surface area contributed by atoms with Crippen molar-refractivity contribution in [2.75, 3.05) is 19.6 Å². The van der Waals surface area contributed by atoms with Crippen molar-refractivity contribution < 1.29 is 4.79 Å². The number of likely N-dealkylation sites (tertiary alicyclic amines) is 1. The highest BCUT2D eigenvalue weighted by Gasteiger charge is 2.21. The average molecular weight is 385 g/mol. The fourth-order valence-electron chi connectivity index (χ4n) is 2.94. The average Bonchev–Trinajstić information content (AvgIpc) is 2.65. The Morgan fingerprint density at radius 1 is 1.25 bits per heavy atom. The Kier molecular flexibility index (Phi) is 6.02. The van der Waals surface area contributed by atoms with Crippen LogP contribution < -0.4 is 0 Å². The second-order valence-electron chi connectivity index (χ2n) is 6.14. The quantitative estimate of drug-likeness (QED) is 0.571. The molecule has 1 fully saturated rings. The van der Waals surface area contributed by atoms with Crippen LogP contribution in [0.1, 0.15) is 43.5 Å². The summed E-state index contributed by atoms with van der Waals surface area (Å²) in [4.78, 5) is 14.6. The molecule has 0 bridgehead atoms. The normalized spacial score (nSPS) is 20.9. The Hall–Kier alpha value is -0.420. The van der Waals surface area contributed by atoms with Gasteiger partial charge in [-0.15, -0.1) is 0 Å². The van der Waals surface area contributed by atoms with Crippen molar-refractivity contribution in [3.8, 4) is 0 Å². The van der Waals surface area contributed by atoms with Gasteiger partial charge in [-0.25, -0.2) is 0 Å². The van der Waals surface area contributed by atoms with Gasteiger partial charge in [-0.05, 0) is 78.9 Å². The zero-order valence-electron chi connectivity index (χ0n) is 12.4. The number of Topliss-reactive ketones (excluding diaryl/α,β-unsaturated/α-hetero) is 1. The first-order valence-corrected chi connectivity index (χ1v) is 8.65. The number of carbonyl (C=O) groups excluding carboxylic acids is 1. The lowest BCUT2D eigenvalue weighted by atomic mass is 9.89. The van der Waals surface area contributed by atoms with Crippen molar-refractivity contribution in [3.05, 3.63) is 33.4 Å². The lowest BCUT2D eigenvalue weighted by Crippen LogP contribution is -2.31. The molecule has 2 rings (SSSR count). The topological polar surface area (TPSA) is 20.3 Å². The molecule has 1 aromatic carbocycles. The Morgan fingerprint density at radius 3 is 2.60 bits per heavy atom. The van der Waals surface area contributed by atoms with Crippen molar-refractivity contribution in [3.63, 3.8) is 0 Å². The fourth-order valence-corrected chi connectivity index (χ4v) is 3.30. The maximum atomic E-state index is 12.3. The highest BCUT2D eigenvalue weighted by molar-refractivity contribution is 14.1. The summed E-state index contributed by atoms with van der Waals surface area (Å²) in [6.07, 6.45) is 3.77. The van der Waals surface area contributed by atoms with Crippen LogP contribution >= 0.6 is 22.6 Å². The Morgan fingerprint density at radius 2 is 1.95 bits per heavy atom. The molecule has 110 valence electrons. The number of ketones is 1. The summed E-state index contributed by atoms with van der Waals surface area (Å²) >= 11 is 2.27. The van der Waals surface area contributed by atoms with Crippen LogP contribution in [0.25, 0.3) is 0 Å². The van der Waals surface area contributed by atoms with Gasteiger partial charge in [0.15, 0.2) is 5.78 Å². The molecule has 1 saturated heterocycles. The first-order valence-electron chi connectivity index (χ1n) is 7.57. The van der Waals surface area contributed by atoms with Crippen LogP contribution in [0.5, 0.6) is 0 Å². The summed E-state index contributed by atoms with van der Waals surface area (Å²) in [5.74, 6) is 1.85. The largest absolute Gasteiger partial charge is 0.296 e. The summed E-state index contributed by atoms with van der Waals surface area (Å²) in [5.41, 5.74) is 0.843. The van der Waals surface area contributed by atoms with Gasteiger partial charge in [-0.1, -0.05) is 26.0 Å². The lowest BCUT2D eigenvalue weighted by molar-refractivity contribution is 0.0932. The van der Waals surface area contributed by atoms with E-state index in [1.807, 2.05) is 24.3 Å². The van der Waals surface area contributed by atoms with Gasteiger partial charge in [0.1, 0.15) is 0 Å². The van der Waals surface area contributed by atoms with E-state index in [2.05, 4.69) is 41.3 Å². The number of hydrogen-bond donors (Lipinski definition) is 0. The van der Waals surface area contributed by atoms with E-state index in [9.17, 15) is 4.79 Å². The van der Waals surface area contributed by atoms with Gasteiger partial charge >= 0.3 is 0 Å². The first-order chi connectivity index (χ1) is 9.56. The summed E-state index contributed by atoms with van der Waals surface area (Å²) in [6, 6.07) is 7.90. The van der Waals surface area contributed by atoms with Gasteiger partial charge in [0.05, 0.1) is 6.54 Å². The molecule has 1 atom stereocenters. The first kappa shape index (κ1) is 16.0. The van der Waals surface area contributed by atoms with Crippen molar-refractivity contribution in [2.24, 2.45) is 11.8 Å². The maximum absolute atomic E-state index is 12.3. The standard InChI is InChI=1S/C17H24INO/c1-13(2)14-4-3-10-19(11-9-14)12-17(20)15-5-7-16(18)8-6-15/h5-8,13-14H,3-4,9-12H2,1-2H3. The Balaban J connectivity index is 1.90. The molecular weight excluding hydrogens is 361 g/mol. The zero-order chi connectivity index (χ0) is 14.5. The van der Waals surface area contributed by atoms with Crippen LogP contribution in [0.3, 0.4) is 0 Å². The molecule has 0 aromatic heterocycles. The van der Waals surface area contributed by atoms with Gasteiger partial charge in [-0.3, -0.25) is 9.69 Å². The van der Waals surface area contributed by atoms with Crippen LogP contribution in [0, 0.1) is 15.4 Å². The van der Waals surface area contributed by atoms with Crippen molar-refractivity contribution in [1.29, 1.82) is 0 Å². The molecular formula is C17H24INO. The molecule has 0 amide bonds. The number of hydrogen-bond acceptors (Lipinski definition) is 2. The summed E-state index contributed by atoms with van der Waals surface area (Å²) in [7, 11) is 0. The number of benzene rings is 1. The molecule has 1 heterocycles. The van der Waals surface area contributed by atoms with E-state index in [4.69, 9.17) is 0 Å². The van der Waals surface area contributed by atoms with Gasteiger partial charge in [0, 0.05) is 9.13 Å². The molecule has 1 aromatic rings. The number of halogens is 1. The number of nitrogens with zero attached hydrogens (tertiary/aromatic N) is 1. The lowest BCUT2D eigenvalue weighted by Gasteiger charge is -2.20. The molecule has 0 N–H and O–H groups in total. The Bertz CT molecular complexity index is 441. The van der Waals surface area contributed by atoms with E-state index in [1.165, 1.54) is 22.8 Å². The molecule has 1 aliphatic rings. The number of rotatable bonds is 4. The van der Waals surface area contributed by atoms with Gasteiger partial charge in [0.2, 0.25) is 0 Å². The minimum absolute atomic E-state index is 0.254.